The summed E-state index contributed by atoms with van der Waals surface area (Å²) < 4.78 is 6.06. The number of amides is 1. The minimum Gasteiger partial charge on any atom is -0.481 e. The van der Waals surface area contributed by atoms with Crippen molar-refractivity contribution in [2.24, 2.45) is 0 Å². The Kier molecular flexibility index (Phi) is 4.76. The smallest absolute Gasteiger partial charge is 0.303 e. The van der Waals surface area contributed by atoms with Gasteiger partial charge in [0.05, 0.1) is 11.3 Å². The highest BCUT2D eigenvalue weighted by atomic mass is 16.4. The fourth-order valence-electron chi connectivity index (χ4n) is 3.16. The van der Waals surface area contributed by atoms with Crippen LogP contribution in [0.15, 0.2) is 65.1 Å². The first-order valence-corrected chi connectivity index (χ1v) is 9.01. The number of benzene rings is 3. The van der Waals surface area contributed by atoms with Crippen LogP contribution in [0.5, 0.6) is 0 Å². The fraction of sp³-hybridized carbons (Fsp3) is 0.136. The molecule has 1 aromatic heterocycles. The first kappa shape index (κ1) is 17.7. The molecule has 0 saturated heterocycles. The summed E-state index contributed by atoms with van der Waals surface area (Å²) in [6.45, 7) is 0. The molecule has 2 N–H and O–H groups in total. The summed E-state index contributed by atoms with van der Waals surface area (Å²) in [5, 5.41) is 13.6. The highest BCUT2D eigenvalue weighted by Crippen LogP contribution is 2.33. The third-order valence-electron chi connectivity index (χ3n) is 4.51. The van der Waals surface area contributed by atoms with E-state index in [0.717, 1.165) is 16.3 Å². The average molecular weight is 374 g/mol. The maximum Gasteiger partial charge on any atom is 0.303 e. The van der Waals surface area contributed by atoms with E-state index in [1.165, 1.54) is 0 Å². The molecule has 4 aromatic rings. The van der Waals surface area contributed by atoms with Gasteiger partial charge in [-0.25, -0.2) is 4.98 Å². The zero-order chi connectivity index (χ0) is 19.5. The molecule has 0 spiro atoms. The minimum absolute atomic E-state index is 0.0345. The Hall–Kier alpha value is -3.67. The van der Waals surface area contributed by atoms with Crippen LogP contribution < -0.4 is 5.32 Å². The van der Waals surface area contributed by atoms with E-state index in [2.05, 4.69) is 10.3 Å². The summed E-state index contributed by atoms with van der Waals surface area (Å²) in [7, 11) is 0. The second kappa shape index (κ2) is 7.52. The van der Waals surface area contributed by atoms with Crippen LogP contribution in [-0.2, 0) is 9.59 Å². The average Bonchev–Trinajstić information content (AvgIpc) is 3.13. The van der Waals surface area contributed by atoms with Gasteiger partial charge < -0.3 is 14.8 Å². The van der Waals surface area contributed by atoms with E-state index < -0.39 is 5.97 Å². The number of oxazole rings is 1. The van der Waals surface area contributed by atoms with Crippen molar-refractivity contribution in [2.45, 2.75) is 19.3 Å². The lowest BCUT2D eigenvalue weighted by atomic mass is 10.1. The molecular weight excluding hydrogens is 356 g/mol. The van der Waals surface area contributed by atoms with Crippen molar-refractivity contribution in [3.05, 3.63) is 60.7 Å². The number of nitrogens with zero attached hydrogens (tertiary/aromatic N) is 1. The van der Waals surface area contributed by atoms with Gasteiger partial charge in [-0.3, -0.25) is 9.59 Å². The molecule has 0 aliphatic heterocycles. The number of rotatable bonds is 6. The Morgan fingerprint density at radius 2 is 1.75 bits per heavy atom. The van der Waals surface area contributed by atoms with Crippen LogP contribution >= 0.6 is 0 Å². The number of aliphatic carboxylic acids is 1. The van der Waals surface area contributed by atoms with E-state index in [0.29, 0.717) is 22.7 Å². The van der Waals surface area contributed by atoms with Gasteiger partial charge in [0.1, 0.15) is 5.52 Å². The molecule has 3 aromatic carbocycles. The Labute approximate surface area is 160 Å². The number of carbonyl (C=O) groups excluding carboxylic acids is 1. The van der Waals surface area contributed by atoms with Gasteiger partial charge in [-0.2, -0.15) is 0 Å². The summed E-state index contributed by atoms with van der Waals surface area (Å²) in [5.41, 5.74) is 2.71. The van der Waals surface area contributed by atoms with Crippen molar-refractivity contribution >= 4 is 39.4 Å². The molecule has 1 amide bonds. The Bertz CT molecular complexity index is 1180. The molecule has 28 heavy (non-hydrogen) atoms. The SMILES string of the molecule is O=C(O)CCCC(=O)Nc1ccccc1-c1nc2ccc3ccccc3c2o1. The molecule has 0 saturated carbocycles. The maximum atomic E-state index is 12.2. The zero-order valence-corrected chi connectivity index (χ0v) is 15.0. The van der Waals surface area contributed by atoms with E-state index >= 15 is 0 Å². The lowest BCUT2D eigenvalue weighted by Crippen LogP contribution is -2.12. The largest absolute Gasteiger partial charge is 0.481 e. The second-order valence-electron chi connectivity index (χ2n) is 6.50. The van der Waals surface area contributed by atoms with Gasteiger partial charge in [0.25, 0.3) is 0 Å². The molecule has 6 heteroatoms. The molecule has 6 nitrogen and oxygen atoms in total. The molecule has 0 atom stereocenters. The lowest BCUT2D eigenvalue weighted by molar-refractivity contribution is -0.137. The number of hydrogen-bond donors (Lipinski definition) is 2. The van der Waals surface area contributed by atoms with Crippen molar-refractivity contribution in [1.82, 2.24) is 4.98 Å². The highest BCUT2D eigenvalue weighted by molar-refractivity contribution is 6.04. The molecule has 0 fully saturated rings. The van der Waals surface area contributed by atoms with E-state index in [9.17, 15) is 9.59 Å². The van der Waals surface area contributed by atoms with Crippen LogP contribution in [0.4, 0.5) is 5.69 Å². The quantitative estimate of drug-likeness (QED) is 0.504. The third kappa shape index (κ3) is 3.57. The number of para-hydroxylation sites is 1. The number of aromatic nitrogens is 1. The first-order valence-electron chi connectivity index (χ1n) is 9.01. The predicted molar refractivity (Wildman–Crippen MR) is 107 cm³/mol. The van der Waals surface area contributed by atoms with Crippen LogP contribution in [0.25, 0.3) is 33.3 Å². The fourth-order valence-corrected chi connectivity index (χ4v) is 3.16. The maximum absolute atomic E-state index is 12.2. The Morgan fingerprint density at radius 3 is 2.61 bits per heavy atom. The molecule has 1 heterocycles. The third-order valence-corrected chi connectivity index (χ3v) is 4.51. The van der Waals surface area contributed by atoms with Gasteiger partial charge in [-0.05, 0) is 30.0 Å². The van der Waals surface area contributed by atoms with Crippen molar-refractivity contribution in [3.8, 4) is 11.5 Å². The van der Waals surface area contributed by atoms with Crippen molar-refractivity contribution < 1.29 is 19.1 Å². The van der Waals surface area contributed by atoms with E-state index in [1.54, 1.807) is 6.07 Å². The normalized spacial score (nSPS) is 11.0. The van der Waals surface area contributed by atoms with E-state index in [4.69, 9.17) is 9.52 Å². The highest BCUT2D eigenvalue weighted by Gasteiger charge is 2.15. The van der Waals surface area contributed by atoms with Crippen LogP contribution in [0.2, 0.25) is 0 Å². The van der Waals surface area contributed by atoms with Crippen LogP contribution in [0.3, 0.4) is 0 Å². The predicted octanol–water partition coefficient (Wildman–Crippen LogP) is 4.84. The Morgan fingerprint density at radius 1 is 0.964 bits per heavy atom. The number of nitrogens with one attached hydrogen (secondary N) is 1. The van der Waals surface area contributed by atoms with Crippen molar-refractivity contribution in [2.75, 3.05) is 5.32 Å². The zero-order valence-electron chi connectivity index (χ0n) is 15.0. The molecule has 4 rings (SSSR count). The number of anilines is 1. The number of hydrogen-bond acceptors (Lipinski definition) is 4. The minimum atomic E-state index is -0.910. The van der Waals surface area contributed by atoms with Crippen molar-refractivity contribution in [3.63, 3.8) is 0 Å². The molecule has 140 valence electrons. The van der Waals surface area contributed by atoms with Crippen LogP contribution in [0, 0.1) is 0 Å². The number of carboxylic acids is 1. The van der Waals surface area contributed by atoms with Gasteiger partial charge in [-0.15, -0.1) is 0 Å². The molecular formula is C22H18N2O4. The monoisotopic (exact) mass is 374 g/mol. The second-order valence-corrected chi connectivity index (χ2v) is 6.50. The summed E-state index contributed by atoms with van der Waals surface area (Å²) in [4.78, 5) is 27.4. The van der Waals surface area contributed by atoms with Gasteiger partial charge >= 0.3 is 5.97 Å². The topological polar surface area (TPSA) is 92.4 Å². The number of carboxylic acid groups (broad SMARTS) is 1. The summed E-state index contributed by atoms with van der Waals surface area (Å²) in [6, 6.07) is 19.1. The van der Waals surface area contributed by atoms with Gasteiger partial charge in [0.15, 0.2) is 5.58 Å². The summed E-state index contributed by atoms with van der Waals surface area (Å²) in [6.07, 6.45) is 0.393. The number of fused-ring (bicyclic) bond motifs is 3. The molecule has 0 unspecified atom stereocenters. The molecule has 0 aliphatic carbocycles. The number of carbonyl (C=O) groups is 2. The molecule has 0 radical (unpaired) electrons. The van der Waals surface area contributed by atoms with E-state index in [-0.39, 0.29) is 25.2 Å². The Balaban J connectivity index is 1.65. The van der Waals surface area contributed by atoms with Crippen molar-refractivity contribution in [1.29, 1.82) is 0 Å². The van der Waals surface area contributed by atoms with Gasteiger partial charge in [0, 0.05) is 18.2 Å². The first-order chi connectivity index (χ1) is 13.6. The van der Waals surface area contributed by atoms with Gasteiger partial charge in [-0.1, -0.05) is 42.5 Å². The van der Waals surface area contributed by atoms with E-state index in [1.807, 2.05) is 54.6 Å². The molecule has 0 aliphatic rings. The standard InChI is InChI=1S/C22H18N2O4/c25-19(10-5-11-20(26)27)23-17-9-4-3-8-16(17)22-24-18-13-12-14-6-1-2-7-15(14)21(18)28-22/h1-4,6-9,12-13H,5,10-11H2,(H,23,25)(H,26,27). The lowest BCUT2D eigenvalue weighted by Gasteiger charge is -2.08. The van der Waals surface area contributed by atoms with Crippen LogP contribution in [0.1, 0.15) is 19.3 Å². The summed E-state index contributed by atoms with van der Waals surface area (Å²) in [5.74, 6) is -0.727. The summed E-state index contributed by atoms with van der Waals surface area (Å²) >= 11 is 0. The molecule has 0 bridgehead atoms. The van der Waals surface area contributed by atoms with Crippen LogP contribution in [-0.4, -0.2) is 22.0 Å². The van der Waals surface area contributed by atoms with Gasteiger partial charge in [0.2, 0.25) is 11.8 Å².